The van der Waals surface area contributed by atoms with Crippen molar-refractivity contribution >= 4 is 26.7 Å². The Bertz CT molecular complexity index is 1400. The zero-order chi connectivity index (χ0) is 22.5. The molecule has 0 saturated carbocycles. The second kappa shape index (κ2) is 7.68. The van der Waals surface area contributed by atoms with E-state index in [0.29, 0.717) is 53.6 Å². The highest BCUT2D eigenvalue weighted by Crippen LogP contribution is 2.36. The zero-order valence-electron chi connectivity index (χ0n) is 17.5. The van der Waals surface area contributed by atoms with Gasteiger partial charge in [0.05, 0.1) is 30.3 Å². The Morgan fingerprint density at radius 2 is 2.03 bits per heavy atom. The molecule has 0 bridgehead atoms. The van der Waals surface area contributed by atoms with Gasteiger partial charge >= 0.3 is 0 Å². The number of pyridine rings is 1. The fourth-order valence-corrected chi connectivity index (χ4v) is 4.89. The van der Waals surface area contributed by atoms with E-state index in [1.807, 2.05) is 13.0 Å². The Kier molecular flexibility index (Phi) is 4.94. The first-order chi connectivity index (χ1) is 15.3. The summed E-state index contributed by atoms with van der Waals surface area (Å²) in [5, 5.41) is 12.0. The number of fused-ring (bicyclic) bond motifs is 1. The molecule has 1 saturated heterocycles. The molecule has 5 rings (SSSR count). The molecule has 1 N–H and O–H groups in total. The highest BCUT2D eigenvalue weighted by Gasteiger charge is 2.25. The third-order valence-corrected chi connectivity index (χ3v) is 6.66. The Labute approximate surface area is 183 Å². The topological polar surface area (TPSA) is 106 Å². The molecular weight excluding hydrogens is 435 g/mol. The number of aromatic amines is 1. The monoisotopic (exact) mass is 456 g/mol. The number of halogens is 1. The molecule has 0 unspecified atom stereocenters. The lowest BCUT2D eigenvalue weighted by Gasteiger charge is -2.34. The summed E-state index contributed by atoms with van der Waals surface area (Å²) in [6, 6.07) is 7.46. The normalized spacial score (nSPS) is 17.2. The SMILES string of the molecule is C[C@@H]1COCCN1c1cc(-c2ccc(F)cc2S(C)(=O)=O)c2cnn(-c3cc[nH]n3)c2n1. The first kappa shape index (κ1) is 20.6. The van der Waals surface area contributed by atoms with E-state index >= 15 is 0 Å². The van der Waals surface area contributed by atoms with Crippen molar-refractivity contribution in [1.82, 2.24) is 25.0 Å². The lowest BCUT2D eigenvalue weighted by atomic mass is 10.0. The number of ether oxygens (including phenoxy) is 1. The van der Waals surface area contributed by atoms with Gasteiger partial charge in [0.15, 0.2) is 21.3 Å². The average molecular weight is 457 g/mol. The van der Waals surface area contributed by atoms with Crippen LogP contribution < -0.4 is 4.90 Å². The van der Waals surface area contributed by atoms with E-state index in [1.54, 1.807) is 23.1 Å². The van der Waals surface area contributed by atoms with Crippen molar-refractivity contribution in [2.75, 3.05) is 30.9 Å². The molecule has 166 valence electrons. The molecule has 1 aliphatic rings. The number of sulfone groups is 1. The van der Waals surface area contributed by atoms with E-state index in [0.717, 1.165) is 12.3 Å². The minimum Gasteiger partial charge on any atom is -0.377 e. The highest BCUT2D eigenvalue weighted by atomic mass is 32.2. The number of benzene rings is 1. The minimum atomic E-state index is -3.70. The Balaban J connectivity index is 1.81. The van der Waals surface area contributed by atoms with Crippen LogP contribution in [-0.2, 0) is 14.6 Å². The molecule has 1 atom stereocenters. The summed E-state index contributed by atoms with van der Waals surface area (Å²) >= 11 is 0. The number of anilines is 1. The van der Waals surface area contributed by atoms with Gasteiger partial charge in [-0.2, -0.15) is 14.9 Å². The fraction of sp³-hybridized carbons (Fsp3) is 0.286. The molecule has 0 radical (unpaired) electrons. The average Bonchev–Trinajstić information content (AvgIpc) is 3.42. The summed E-state index contributed by atoms with van der Waals surface area (Å²) in [7, 11) is -3.70. The second-order valence-electron chi connectivity index (χ2n) is 7.78. The van der Waals surface area contributed by atoms with E-state index in [-0.39, 0.29) is 10.9 Å². The molecule has 4 heterocycles. The van der Waals surface area contributed by atoms with Gasteiger partial charge < -0.3 is 9.64 Å². The molecule has 1 fully saturated rings. The fourth-order valence-electron chi connectivity index (χ4n) is 3.99. The van der Waals surface area contributed by atoms with Gasteiger partial charge in [0, 0.05) is 36.0 Å². The first-order valence-corrected chi connectivity index (χ1v) is 12.0. The number of rotatable bonds is 4. The molecule has 1 aromatic carbocycles. The van der Waals surface area contributed by atoms with E-state index < -0.39 is 15.7 Å². The van der Waals surface area contributed by atoms with Crippen LogP contribution in [-0.4, -0.2) is 65.4 Å². The van der Waals surface area contributed by atoms with Crippen molar-refractivity contribution in [2.24, 2.45) is 0 Å². The Hall–Kier alpha value is -3.31. The van der Waals surface area contributed by atoms with Crippen LogP contribution in [0.2, 0.25) is 0 Å². The lowest BCUT2D eigenvalue weighted by Crippen LogP contribution is -2.44. The van der Waals surface area contributed by atoms with E-state index in [1.165, 1.54) is 12.1 Å². The largest absolute Gasteiger partial charge is 0.377 e. The highest BCUT2D eigenvalue weighted by molar-refractivity contribution is 7.90. The van der Waals surface area contributed by atoms with Gasteiger partial charge in [-0.3, -0.25) is 5.10 Å². The number of aromatic nitrogens is 5. The van der Waals surface area contributed by atoms with Crippen molar-refractivity contribution in [2.45, 2.75) is 17.9 Å². The summed E-state index contributed by atoms with van der Waals surface area (Å²) in [5.74, 6) is 0.589. The van der Waals surface area contributed by atoms with Crippen LogP contribution >= 0.6 is 0 Å². The molecule has 11 heteroatoms. The number of nitrogens with zero attached hydrogens (tertiary/aromatic N) is 5. The molecule has 0 aliphatic carbocycles. The van der Waals surface area contributed by atoms with Crippen molar-refractivity contribution in [1.29, 1.82) is 0 Å². The van der Waals surface area contributed by atoms with Gasteiger partial charge in [-0.05, 0) is 30.7 Å². The maximum Gasteiger partial charge on any atom is 0.177 e. The van der Waals surface area contributed by atoms with Crippen molar-refractivity contribution in [3.05, 3.63) is 48.5 Å². The Morgan fingerprint density at radius 3 is 2.75 bits per heavy atom. The van der Waals surface area contributed by atoms with Gasteiger partial charge in [0.25, 0.3) is 0 Å². The smallest absolute Gasteiger partial charge is 0.177 e. The molecule has 3 aromatic heterocycles. The van der Waals surface area contributed by atoms with Gasteiger partial charge in [0.1, 0.15) is 11.6 Å². The van der Waals surface area contributed by atoms with Gasteiger partial charge in [0.2, 0.25) is 0 Å². The van der Waals surface area contributed by atoms with Crippen LogP contribution in [0.4, 0.5) is 10.2 Å². The summed E-state index contributed by atoms with van der Waals surface area (Å²) in [5.41, 5.74) is 1.52. The third kappa shape index (κ3) is 3.53. The standard InChI is InChI=1S/C21H21FN6O3S/c1-13-12-31-8-7-27(13)20-10-16(15-4-3-14(22)9-18(15)32(2,29)30)17-11-24-28(21(17)25-20)19-5-6-23-26-19/h3-6,9-11,13H,7-8,12H2,1-2H3,(H,23,26)/t13-/m1/s1. The first-order valence-electron chi connectivity index (χ1n) is 10.1. The van der Waals surface area contributed by atoms with Crippen LogP contribution in [0.15, 0.2) is 47.6 Å². The Morgan fingerprint density at radius 1 is 1.19 bits per heavy atom. The number of nitrogens with one attached hydrogen (secondary N) is 1. The van der Waals surface area contributed by atoms with Crippen LogP contribution in [0.5, 0.6) is 0 Å². The van der Waals surface area contributed by atoms with Crippen molar-refractivity contribution in [3.63, 3.8) is 0 Å². The third-order valence-electron chi connectivity index (χ3n) is 5.53. The van der Waals surface area contributed by atoms with Gasteiger partial charge in [-0.25, -0.2) is 17.8 Å². The maximum atomic E-state index is 14.0. The van der Waals surface area contributed by atoms with E-state index in [9.17, 15) is 12.8 Å². The molecule has 4 aromatic rings. The number of hydrogen-bond donors (Lipinski definition) is 1. The van der Waals surface area contributed by atoms with Crippen LogP contribution in [0.1, 0.15) is 6.92 Å². The minimum absolute atomic E-state index is 0.0749. The molecule has 32 heavy (non-hydrogen) atoms. The second-order valence-corrected chi connectivity index (χ2v) is 9.77. The van der Waals surface area contributed by atoms with Crippen LogP contribution in [0, 0.1) is 5.82 Å². The molecule has 9 nitrogen and oxygen atoms in total. The zero-order valence-corrected chi connectivity index (χ0v) is 18.3. The summed E-state index contributed by atoms with van der Waals surface area (Å²) in [6.07, 6.45) is 4.37. The number of H-pyrrole nitrogens is 1. The van der Waals surface area contributed by atoms with E-state index in [2.05, 4.69) is 20.2 Å². The van der Waals surface area contributed by atoms with E-state index in [4.69, 9.17) is 9.72 Å². The predicted octanol–water partition coefficient (Wildman–Crippen LogP) is 2.58. The maximum absolute atomic E-state index is 14.0. The molecule has 0 spiro atoms. The molecular formula is C21H21FN6O3S. The van der Waals surface area contributed by atoms with Crippen LogP contribution in [0.25, 0.3) is 28.0 Å². The summed E-state index contributed by atoms with van der Waals surface area (Å²) in [6.45, 7) is 3.79. The van der Waals surface area contributed by atoms with Crippen LogP contribution in [0.3, 0.4) is 0 Å². The molecule has 1 aliphatic heterocycles. The number of hydrogen-bond acceptors (Lipinski definition) is 7. The summed E-state index contributed by atoms with van der Waals surface area (Å²) in [4.78, 5) is 6.88. The number of morpholine rings is 1. The molecule has 0 amide bonds. The van der Waals surface area contributed by atoms with Crippen molar-refractivity contribution in [3.8, 4) is 16.9 Å². The lowest BCUT2D eigenvalue weighted by molar-refractivity contribution is 0.0985. The van der Waals surface area contributed by atoms with Gasteiger partial charge in [-0.1, -0.05) is 6.07 Å². The van der Waals surface area contributed by atoms with Gasteiger partial charge in [-0.15, -0.1) is 0 Å². The summed E-state index contributed by atoms with van der Waals surface area (Å²) < 4.78 is 46.1. The van der Waals surface area contributed by atoms with Crippen molar-refractivity contribution < 1.29 is 17.5 Å². The predicted molar refractivity (Wildman–Crippen MR) is 117 cm³/mol. The quantitative estimate of drug-likeness (QED) is 0.503.